The highest BCUT2D eigenvalue weighted by Gasteiger charge is 2.25. The molecule has 8 aromatic rings. The Morgan fingerprint density at radius 1 is 0.600 bits per heavy atom. The van der Waals surface area contributed by atoms with Gasteiger partial charge >= 0.3 is 0 Å². The van der Waals surface area contributed by atoms with Crippen LogP contribution in [-0.2, 0) is 0 Å². The van der Waals surface area contributed by atoms with Crippen LogP contribution in [-0.4, -0.2) is 16.7 Å². The first kappa shape index (κ1) is 32.8. The highest BCUT2D eigenvalue weighted by molar-refractivity contribution is 6.91. The molecule has 0 radical (unpaired) electrons. The number of pyridine rings is 2. The molecule has 0 spiro atoms. The van der Waals surface area contributed by atoms with Gasteiger partial charge in [0.05, 0.1) is 16.4 Å². The van der Waals surface area contributed by atoms with Crippen LogP contribution in [0.15, 0.2) is 198 Å². The van der Waals surface area contributed by atoms with Crippen molar-refractivity contribution < 1.29 is 4.42 Å². The zero-order chi connectivity index (χ0) is 36.6. The monoisotopic (exact) mass is 704 g/mol. The molecule has 3 heterocycles. The number of fused-ring (bicyclic) bond motifs is 4. The van der Waals surface area contributed by atoms with Gasteiger partial charge in [0.15, 0.2) is 0 Å². The average molecular weight is 705 g/mol. The summed E-state index contributed by atoms with van der Waals surface area (Å²) < 4.78 is 6.31. The molecule has 5 aromatic carbocycles. The fraction of sp³-hybridized carbons (Fsp3) is 0.0588. The molecular formula is C51H37BN2O. The van der Waals surface area contributed by atoms with Crippen LogP contribution in [0.5, 0.6) is 0 Å². The predicted molar refractivity (Wildman–Crippen MR) is 232 cm³/mol. The van der Waals surface area contributed by atoms with Crippen LogP contribution in [0.4, 0.5) is 0 Å². The topological polar surface area (TPSA) is 38.9 Å². The molecule has 2 aliphatic rings. The van der Waals surface area contributed by atoms with Crippen molar-refractivity contribution >= 4 is 61.9 Å². The van der Waals surface area contributed by atoms with E-state index in [2.05, 4.69) is 158 Å². The number of aromatic nitrogens is 2. The van der Waals surface area contributed by atoms with Gasteiger partial charge in [0.1, 0.15) is 5.58 Å². The molecular weight excluding hydrogens is 667 g/mol. The zero-order valence-electron chi connectivity index (χ0n) is 30.4. The van der Waals surface area contributed by atoms with Gasteiger partial charge in [-0.05, 0) is 82.5 Å². The lowest BCUT2D eigenvalue weighted by molar-refractivity contribution is 0.656. The standard InChI is InChI=1S/C51H37BN2O/c1-3-13-35(14-4-1)37-24-28-42(29-25-37)52(43-30-26-38(27-31-43)36-15-5-2-6-16-36)44-20-8-7-17-40(34-44)39-18-11-19-41(33-39)48-49-45-21-9-10-23-47(45)55-51(49)54-46-22-12-32-53-50(46)48/h1,3-5,7-19,21-34H,2,6,20H2. The smallest absolute Gasteiger partial charge is 0.237 e. The number of allylic oxidation sites excluding steroid dienone is 10. The number of nitrogens with zero attached hydrogens (tertiary/aromatic N) is 2. The van der Waals surface area contributed by atoms with Crippen LogP contribution >= 0.6 is 0 Å². The molecule has 0 aliphatic heterocycles. The van der Waals surface area contributed by atoms with Crippen molar-refractivity contribution in [3.8, 4) is 22.3 Å². The highest BCUT2D eigenvalue weighted by Crippen LogP contribution is 2.40. The molecule has 3 aromatic heterocycles. The van der Waals surface area contributed by atoms with Crippen LogP contribution in [0.25, 0.3) is 66.5 Å². The van der Waals surface area contributed by atoms with E-state index in [4.69, 9.17) is 14.4 Å². The third-order valence-corrected chi connectivity index (χ3v) is 11.0. The fourth-order valence-electron chi connectivity index (χ4n) is 8.27. The minimum atomic E-state index is 0.0781. The summed E-state index contributed by atoms with van der Waals surface area (Å²) in [6.07, 6.45) is 21.0. The lowest BCUT2D eigenvalue weighted by atomic mass is 9.35. The maximum Gasteiger partial charge on any atom is 0.237 e. The van der Waals surface area contributed by atoms with Crippen LogP contribution in [0, 0.1) is 0 Å². The van der Waals surface area contributed by atoms with Crippen LogP contribution < -0.4 is 10.9 Å². The summed E-state index contributed by atoms with van der Waals surface area (Å²) in [7, 11) is 0. The summed E-state index contributed by atoms with van der Waals surface area (Å²) in [6, 6.07) is 50.0. The Kier molecular flexibility index (Phi) is 8.49. The first-order valence-electron chi connectivity index (χ1n) is 19.1. The lowest BCUT2D eigenvalue weighted by Crippen LogP contribution is -2.44. The summed E-state index contributed by atoms with van der Waals surface area (Å²) in [5, 5.41) is 2.03. The van der Waals surface area contributed by atoms with Crippen molar-refractivity contribution in [2.45, 2.75) is 19.3 Å². The Morgan fingerprint density at radius 2 is 1.35 bits per heavy atom. The molecule has 55 heavy (non-hydrogen) atoms. The maximum absolute atomic E-state index is 6.31. The van der Waals surface area contributed by atoms with E-state index in [9.17, 15) is 0 Å². The number of hydrogen-bond acceptors (Lipinski definition) is 3. The minimum Gasteiger partial charge on any atom is -0.438 e. The van der Waals surface area contributed by atoms with Crippen molar-refractivity contribution in [1.29, 1.82) is 0 Å². The molecule has 0 saturated carbocycles. The van der Waals surface area contributed by atoms with E-state index in [0.717, 1.165) is 63.3 Å². The van der Waals surface area contributed by atoms with E-state index in [-0.39, 0.29) is 6.71 Å². The van der Waals surface area contributed by atoms with Crippen molar-refractivity contribution in [3.63, 3.8) is 0 Å². The SMILES string of the molecule is C1=CCC(B(c2ccc(C3=CCCC=C3)cc2)c2ccc(-c3ccccc3)cc2)=CC(c2cccc(-c3c4ncccc4nc4oc5ccccc5c34)c2)=C1. The number of hydrogen-bond donors (Lipinski definition) is 0. The molecule has 3 nitrogen and oxygen atoms in total. The highest BCUT2D eigenvalue weighted by atomic mass is 16.3. The van der Waals surface area contributed by atoms with Gasteiger partial charge in [0.2, 0.25) is 12.4 Å². The molecule has 10 rings (SSSR count). The third kappa shape index (κ3) is 6.26. The predicted octanol–water partition coefficient (Wildman–Crippen LogP) is 11.7. The second-order valence-corrected chi connectivity index (χ2v) is 14.4. The van der Waals surface area contributed by atoms with Crippen molar-refractivity contribution in [2.75, 3.05) is 0 Å². The number of benzene rings is 5. The van der Waals surface area contributed by atoms with Gasteiger partial charge in [0.25, 0.3) is 0 Å². The largest absolute Gasteiger partial charge is 0.438 e. The van der Waals surface area contributed by atoms with Gasteiger partial charge in [0, 0.05) is 17.1 Å². The summed E-state index contributed by atoms with van der Waals surface area (Å²) >= 11 is 0. The molecule has 0 unspecified atom stereocenters. The average Bonchev–Trinajstić information content (AvgIpc) is 3.44. The van der Waals surface area contributed by atoms with Crippen LogP contribution in [0.1, 0.15) is 30.4 Å². The molecule has 0 bridgehead atoms. The molecule has 0 saturated heterocycles. The van der Waals surface area contributed by atoms with Gasteiger partial charge < -0.3 is 4.42 Å². The van der Waals surface area contributed by atoms with E-state index < -0.39 is 0 Å². The van der Waals surface area contributed by atoms with Crippen molar-refractivity contribution in [2.24, 2.45) is 0 Å². The quantitative estimate of drug-likeness (QED) is 0.155. The Balaban J connectivity index is 1.09. The normalized spacial score (nSPS) is 14.1. The van der Waals surface area contributed by atoms with Crippen LogP contribution in [0.3, 0.4) is 0 Å². The Labute approximate surface area is 321 Å². The second kappa shape index (κ2) is 14.2. The molecule has 0 atom stereocenters. The number of furan rings is 1. The molecule has 260 valence electrons. The first-order valence-corrected chi connectivity index (χ1v) is 19.1. The Bertz CT molecular complexity index is 2870. The van der Waals surface area contributed by atoms with E-state index in [1.165, 1.54) is 44.2 Å². The second-order valence-electron chi connectivity index (χ2n) is 14.4. The summed E-state index contributed by atoms with van der Waals surface area (Å²) in [4.78, 5) is 9.77. The summed E-state index contributed by atoms with van der Waals surface area (Å²) in [5.41, 5.74) is 16.5. The van der Waals surface area contributed by atoms with Gasteiger partial charge in [-0.15, -0.1) is 0 Å². The van der Waals surface area contributed by atoms with E-state index in [1.54, 1.807) is 0 Å². The molecule has 2 aliphatic carbocycles. The third-order valence-electron chi connectivity index (χ3n) is 11.0. The van der Waals surface area contributed by atoms with E-state index in [0.29, 0.717) is 5.71 Å². The number of para-hydroxylation sites is 1. The Morgan fingerprint density at radius 3 is 2.16 bits per heavy atom. The lowest BCUT2D eigenvalue weighted by Gasteiger charge is -2.20. The fourth-order valence-corrected chi connectivity index (χ4v) is 8.27. The Hall–Kier alpha value is -6.78. The van der Waals surface area contributed by atoms with Gasteiger partial charge in [-0.2, -0.15) is 0 Å². The molecule has 0 N–H and O–H groups in total. The summed E-state index contributed by atoms with van der Waals surface area (Å²) in [5.74, 6) is 0. The minimum absolute atomic E-state index is 0.0781. The van der Waals surface area contributed by atoms with Gasteiger partial charge in [-0.1, -0.05) is 174 Å². The van der Waals surface area contributed by atoms with Crippen molar-refractivity contribution in [1.82, 2.24) is 9.97 Å². The van der Waals surface area contributed by atoms with Crippen molar-refractivity contribution in [3.05, 3.63) is 205 Å². The zero-order valence-corrected chi connectivity index (χ0v) is 30.4. The molecule has 4 heteroatoms. The van der Waals surface area contributed by atoms with Gasteiger partial charge in [-0.3, -0.25) is 4.98 Å². The van der Waals surface area contributed by atoms with E-state index in [1.807, 2.05) is 30.5 Å². The van der Waals surface area contributed by atoms with E-state index >= 15 is 0 Å². The van der Waals surface area contributed by atoms with Crippen LogP contribution in [0.2, 0.25) is 0 Å². The van der Waals surface area contributed by atoms with Gasteiger partial charge in [-0.25, -0.2) is 4.98 Å². The maximum atomic E-state index is 6.31. The molecule has 0 fully saturated rings. The first-order chi connectivity index (χ1) is 27.3. The summed E-state index contributed by atoms with van der Waals surface area (Å²) in [6.45, 7) is 0.0781. The number of rotatable bonds is 7. The molecule has 0 amide bonds.